The maximum absolute atomic E-state index is 11.5. The van der Waals surface area contributed by atoms with Crippen LogP contribution in [-0.4, -0.2) is 18.7 Å². The molecule has 0 saturated heterocycles. The number of halogens is 2. The molecule has 0 aliphatic rings. The van der Waals surface area contributed by atoms with E-state index >= 15 is 0 Å². The fourth-order valence-corrected chi connectivity index (χ4v) is 1.78. The minimum absolute atomic E-state index is 0.0109. The van der Waals surface area contributed by atoms with Gasteiger partial charge in [-0.3, -0.25) is 4.79 Å². The molecule has 18 heavy (non-hydrogen) atoms. The fraction of sp³-hybridized carbons (Fsp3) is 0.462. The summed E-state index contributed by atoms with van der Waals surface area (Å²) >= 11 is 11.9. The van der Waals surface area contributed by atoms with Crippen molar-refractivity contribution >= 4 is 29.2 Å². The number of rotatable bonds is 5. The lowest BCUT2D eigenvalue weighted by Gasteiger charge is -2.15. The summed E-state index contributed by atoms with van der Waals surface area (Å²) in [6.45, 7) is 5.91. The second kappa shape index (κ2) is 6.86. The van der Waals surface area contributed by atoms with E-state index in [0.717, 1.165) is 0 Å². The molecule has 3 nitrogen and oxygen atoms in total. The Kier molecular flexibility index (Phi) is 5.76. The molecule has 1 rings (SSSR count). The van der Waals surface area contributed by atoms with Gasteiger partial charge in [0.15, 0.2) is 0 Å². The normalized spacial score (nSPS) is 10.6. The summed E-state index contributed by atoms with van der Waals surface area (Å²) in [5.74, 6) is 0.247. The molecule has 1 aromatic carbocycles. The van der Waals surface area contributed by atoms with Gasteiger partial charge in [-0.25, -0.2) is 0 Å². The van der Waals surface area contributed by atoms with Crippen molar-refractivity contribution in [3.8, 4) is 5.75 Å². The topological polar surface area (TPSA) is 35.5 Å². The van der Waals surface area contributed by atoms with E-state index < -0.39 is 0 Å². The number of carbonyl (C=O) groups excluding carboxylic acids is 1. The third-order valence-electron chi connectivity index (χ3n) is 2.11. The molecule has 0 aromatic heterocycles. The number of esters is 1. The van der Waals surface area contributed by atoms with Gasteiger partial charge in [0.25, 0.3) is 0 Å². The fourth-order valence-electron chi connectivity index (χ4n) is 1.44. The van der Waals surface area contributed by atoms with Gasteiger partial charge in [-0.15, -0.1) is 0 Å². The van der Waals surface area contributed by atoms with Crippen LogP contribution in [0, 0.1) is 0 Å². The molecule has 0 N–H and O–H groups in total. The Morgan fingerprint density at radius 2 is 1.89 bits per heavy atom. The van der Waals surface area contributed by atoms with Gasteiger partial charge in [0, 0.05) is 11.6 Å². The van der Waals surface area contributed by atoms with Crippen molar-refractivity contribution in [2.75, 3.05) is 6.61 Å². The number of ether oxygens (including phenoxy) is 2. The number of hydrogen-bond acceptors (Lipinski definition) is 3. The summed E-state index contributed by atoms with van der Waals surface area (Å²) in [6, 6.07) is 3.26. The van der Waals surface area contributed by atoms with Crippen LogP contribution < -0.4 is 4.74 Å². The van der Waals surface area contributed by atoms with Gasteiger partial charge in [0.2, 0.25) is 0 Å². The third-order valence-corrected chi connectivity index (χ3v) is 2.83. The van der Waals surface area contributed by atoms with Crippen LogP contribution in [0.1, 0.15) is 26.3 Å². The van der Waals surface area contributed by atoms with E-state index in [2.05, 4.69) is 0 Å². The van der Waals surface area contributed by atoms with Gasteiger partial charge in [-0.2, -0.15) is 0 Å². The Morgan fingerprint density at radius 1 is 1.28 bits per heavy atom. The van der Waals surface area contributed by atoms with Crippen molar-refractivity contribution in [1.82, 2.24) is 0 Å². The monoisotopic (exact) mass is 290 g/mol. The van der Waals surface area contributed by atoms with Gasteiger partial charge in [0.1, 0.15) is 5.75 Å². The minimum atomic E-state index is -0.315. The molecular weight excluding hydrogens is 275 g/mol. The molecule has 0 aliphatic carbocycles. The average Bonchev–Trinajstić information content (AvgIpc) is 2.25. The molecule has 5 heteroatoms. The molecule has 1 aromatic rings. The summed E-state index contributed by atoms with van der Waals surface area (Å²) in [4.78, 5) is 11.5. The summed E-state index contributed by atoms with van der Waals surface area (Å²) in [5, 5.41) is 0.798. The lowest BCUT2D eigenvalue weighted by atomic mass is 10.1. The van der Waals surface area contributed by atoms with Gasteiger partial charge < -0.3 is 9.47 Å². The van der Waals surface area contributed by atoms with Crippen molar-refractivity contribution in [3.63, 3.8) is 0 Å². The van der Waals surface area contributed by atoms with Crippen molar-refractivity contribution in [2.45, 2.75) is 33.3 Å². The maximum atomic E-state index is 11.5. The Hall–Kier alpha value is -0.930. The molecular formula is C13H16Cl2O3. The molecule has 0 saturated carbocycles. The van der Waals surface area contributed by atoms with Crippen molar-refractivity contribution in [3.05, 3.63) is 27.7 Å². The van der Waals surface area contributed by atoms with E-state index in [1.54, 1.807) is 19.1 Å². The molecule has 0 radical (unpaired) electrons. The van der Waals surface area contributed by atoms with Crippen molar-refractivity contribution in [2.24, 2.45) is 0 Å². The zero-order valence-corrected chi connectivity index (χ0v) is 12.1. The minimum Gasteiger partial charge on any atom is -0.491 e. The van der Waals surface area contributed by atoms with E-state index in [4.69, 9.17) is 32.7 Å². The van der Waals surface area contributed by atoms with Crippen LogP contribution in [0.4, 0.5) is 0 Å². The molecule has 100 valence electrons. The van der Waals surface area contributed by atoms with Crippen LogP contribution in [-0.2, 0) is 16.0 Å². The SMILES string of the molecule is CCOC(=O)Cc1cc(Cl)c(Cl)cc1OC(C)C. The molecule has 0 bridgehead atoms. The molecule has 0 spiro atoms. The summed E-state index contributed by atoms with van der Waals surface area (Å²) in [7, 11) is 0. The van der Waals surface area contributed by atoms with Crippen molar-refractivity contribution < 1.29 is 14.3 Å². The summed E-state index contributed by atoms with van der Waals surface area (Å²) < 4.78 is 10.5. The first kappa shape index (κ1) is 15.1. The van der Waals surface area contributed by atoms with E-state index in [0.29, 0.717) is 28.0 Å². The standard InChI is InChI=1S/C13H16Cl2O3/c1-4-17-13(16)6-9-5-10(14)11(15)7-12(9)18-8(2)3/h5,7-8H,4,6H2,1-3H3. The van der Waals surface area contributed by atoms with Gasteiger partial charge in [-0.05, 0) is 26.8 Å². The largest absolute Gasteiger partial charge is 0.491 e. The van der Waals surface area contributed by atoms with Crippen LogP contribution in [0.5, 0.6) is 5.75 Å². The highest BCUT2D eigenvalue weighted by Gasteiger charge is 2.14. The van der Waals surface area contributed by atoms with Gasteiger partial charge >= 0.3 is 5.97 Å². The lowest BCUT2D eigenvalue weighted by Crippen LogP contribution is -2.12. The highest BCUT2D eigenvalue weighted by atomic mass is 35.5. The van der Waals surface area contributed by atoms with Crippen LogP contribution >= 0.6 is 23.2 Å². The van der Waals surface area contributed by atoms with Crippen molar-refractivity contribution in [1.29, 1.82) is 0 Å². The second-order valence-corrected chi connectivity index (χ2v) is 4.84. The number of hydrogen-bond donors (Lipinski definition) is 0. The quantitative estimate of drug-likeness (QED) is 0.772. The van der Waals surface area contributed by atoms with Crippen LogP contribution in [0.15, 0.2) is 12.1 Å². The number of benzene rings is 1. The molecule has 0 atom stereocenters. The highest BCUT2D eigenvalue weighted by molar-refractivity contribution is 6.42. The first-order valence-corrected chi connectivity index (χ1v) is 6.49. The third kappa shape index (κ3) is 4.39. The zero-order chi connectivity index (χ0) is 13.7. The first-order chi connectivity index (χ1) is 8.43. The predicted molar refractivity (Wildman–Crippen MR) is 72.6 cm³/mol. The second-order valence-electron chi connectivity index (χ2n) is 4.02. The Morgan fingerprint density at radius 3 is 2.44 bits per heavy atom. The van der Waals surface area contributed by atoms with Gasteiger partial charge in [-0.1, -0.05) is 23.2 Å². The smallest absolute Gasteiger partial charge is 0.310 e. The van der Waals surface area contributed by atoms with Crippen LogP contribution in [0.25, 0.3) is 0 Å². The Bertz CT molecular complexity index is 430. The van der Waals surface area contributed by atoms with E-state index in [1.807, 2.05) is 13.8 Å². The molecule has 0 fully saturated rings. The average molecular weight is 291 g/mol. The maximum Gasteiger partial charge on any atom is 0.310 e. The van der Waals surface area contributed by atoms with Crippen LogP contribution in [0.3, 0.4) is 0 Å². The highest BCUT2D eigenvalue weighted by Crippen LogP contribution is 2.31. The number of carbonyl (C=O) groups is 1. The van der Waals surface area contributed by atoms with E-state index in [9.17, 15) is 4.79 Å². The van der Waals surface area contributed by atoms with E-state index in [1.165, 1.54) is 0 Å². The first-order valence-electron chi connectivity index (χ1n) is 5.74. The lowest BCUT2D eigenvalue weighted by molar-refractivity contribution is -0.142. The Labute approximate surface area is 117 Å². The van der Waals surface area contributed by atoms with E-state index in [-0.39, 0.29) is 18.5 Å². The van der Waals surface area contributed by atoms with Crippen LogP contribution in [0.2, 0.25) is 10.0 Å². The predicted octanol–water partition coefficient (Wildman–Crippen LogP) is 3.89. The molecule has 0 heterocycles. The molecule has 0 amide bonds. The Balaban J connectivity index is 2.99. The summed E-state index contributed by atoms with van der Waals surface area (Å²) in [6.07, 6.45) is 0.107. The molecule has 0 unspecified atom stereocenters. The van der Waals surface area contributed by atoms with Gasteiger partial charge in [0.05, 0.1) is 29.2 Å². The zero-order valence-electron chi connectivity index (χ0n) is 10.6. The summed E-state index contributed by atoms with van der Waals surface area (Å²) in [5.41, 5.74) is 0.677. The molecule has 0 aliphatic heterocycles.